The maximum atomic E-state index is 13.1. The van der Waals surface area contributed by atoms with E-state index >= 15 is 0 Å². The van der Waals surface area contributed by atoms with Gasteiger partial charge in [0.05, 0.1) is 5.39 Å². The predicted molar refractivity (Wildman–Crippen MR) is 133 cm³/mol. The van der Waals surface area contributed by atoms with E-state index in [1.807, 2.05) is 51.1 Å². The van der Waals surface area contributed by atoms with Crippen LogP contribution in [0.25, 0.3) is 10.2 Å². The Labute approximate surface area is 203 Å². The molecule has 7 nitrogen and oxygen atoms in total. The molecule has 0 spiro atoms. The number of benzene rings is 1. The van der Waals surface area contributed by atoms with Gasteiger partial charge in [-0.1, -0.05) is 36.8 Å². The Hall–Kier alpha value is -3.00. The highest BCUT2D eigenvalue weighted by Crippen LogP contribution is 2.29. The van der Waals surface area contributed by atoms with Crippen molar-refractivity contribution in [3.8, 4) is 0 Å². The standard InChI is InChI=1S/C26H31N3O4S/c1-17-21-23(27-19-13-9-6-10-14-28(19)24(21)31)34-22(17)25(32)33-16-20(30)29(26(2,3)4)15-18-11-7-5-8-12-18/h5,7-8,11-12H,6,9-10,13-16H2,1-4H3. The molecule has 2 aromatic heterocycles. The number of carbonyl (C=O) groups is 2. The van der Waals surface area contributed by atoms with Crippen LogP contribution in [0.15, 0.2) is 35.1 Å². The number of aryl methyl sites for hydroxylation is 2. The molecule has 0 radical (unpaired) electrons. The average Bonchev–Trinajstić information content (AvgIpc) is 2.96. The van der Waals surface area contributed by atoms with Crippen LogP contribution in [0.4, 0.5) is 0 Å². The molecular formula is C26H31N3O4S. The van der Waals surface area contributed by atoms with Crippen molar-refractivity contribution in [2.75, 3.05) is 6.61 Å². The van der Waals surface area contributed by atoms with Crippen molar-refractivity contribution in [2.45, 2.75) is 72.0 Å². The summed E-state index contributed by atoms with van der Waals surface area (Å²) in [4.78, 5) is 46.4. The number of nitrogens with zero attached hydrogens (tertiary/aromatic N) is 3. The zero-order chi connectivity index (χ0) is 24.5. The number of hydrogen-bond donors (Lipinski definition) is 0. The highest BCUT2D eigenvalue weighted by Gasteiger charge is 2.29. The van der Waals surface area contributed by atoms with Crippen LogP contribution in [0.3, 0.4) is 0 Å². The topological polar surface area (TPSA) is 81.5 Å². The molecule has 0 bridgehead atoms. The van der Waals surface area contributed by atoms with Crippen LogP contribution in [0, 0.1) is 6.92 Å². The maximum absolute atomic E-state index is 13.1. The number of esters is 1. The van der Waals surface area contributed by atoms with E-state index in [0.29, 0.717) is 33.7 Å². The number of fused-ring (bicyclic) bond motifs is 2. The van der Waals surface area contributed by atoms with E-state index in [2.05, 4.69) is 0 Å². The molecule has 180 valence electrons. The quantitative estimate of drug-likeness (QED) is 0.502. The normalized spacial score (nSPS) is 13.9. The van der Waals surface area contributed by atoms with Crippen molar-refractivity contribution in [3.63, 3.8) is 0 Å². The third-order valence-corrected chi connectivity index (χ3v) is 7.38. The van der Waals surface area contributed by atoms with E-state index in [9.17, 15) is 14.4 Å². The number of hydrogen-bond acceptors (Lipinski definition) is 6. The SMILES string of the molecule is Cc1c(C(=O)OCC(=O)N(Cc2ccccc2)C(C)(C)C)sc2nc3n(c(=O)c12)CCCCC3. The second kappa shape index (κ2) is 9.70. The molecular weight excluding hydrogens is 450 g/mol. The Morgan fingerprint density at radius 3 is 2.59 bits per heavy atom. The Morgan fingerprint density at radius 2 is 1.88 bits per heavy atom. The van der Waals surface area contributed by atoms with Gasteiger partial charge in [0.25, 0.3) is 11.5 Å². The second-order valence-corrected chi connectivity index (χ2v) is 10.7. The van der Waals surface area contributed by atoms with Gasteiger partial charge in [-0.15, -0.1) is 11.3 Å². The van der Waals surface area contributed by atoms with Crippen LogP contribution in [-0.2, 0) is 29.0 Å². The molecule has 34 heavy (non-hydrogen) atoms. The highest BCUT2D eigenvalue weighted by atomic mass is 32.1. The highest BCUT2D eigenvalue weighted by molar-refractivity contribution is 7.20. The molecule has 3 aromatic rings. The van der Waals surface area contributed by atoms with Gasteiger partial charge in [-0.05, 0) is 51.7 Å². The zero-order valence-electron chi connectivity index (χ0n) is 20.2. The van der Waals surface area contributed by atoms with Crippen LogP contribution in [0.2, 0.25) is 0 Å². The fourth-order valence-corrected chi connectivity index (χ4v) is 5.42. The summed E-state index contributed by atoms with van der Waals surface area (Å²) < 4.78 is 7.19. The first-order valence-electron chi connectivity index (χ1n) is 11.7. The summed E-state index contributed by atoms with van der Waals surface area (Å²) in [7, 11) is 0. The van der Waals surface area contributed by atoms with Crippen molar-refractivity contribution in [2.24, 2.45) is 0 Å². The fourth-order valence-electron chi connectivity index (χ4n) is 4.34. The molecule has 1 aliphatic heterocycles. The lowest BCUT2D eigenvalue weighted by Crippen LogP contribution is -2.46. The molecule has 0 N–H and O–H groups in total. The first-order chi connectivity index (χ1) is 16.2. The molecule has 0 unspecified atom stereocenters. The van der Waals surface area contributed by atoms with Gasteiger partial charge in [-0.25, -0.2) is 9.78 Å². The van der Waals surface area contributed by atoms with Gasteiger partial charge in [0.15, 0.2) is 6.61 Å². The van der Waals surface area contributed by atoms with Gasteiger partial charge in [0.2, 0.25) is 0 Å². The summed E-state index contributed by atoms with van der Waals surface area (Å²) in [5, 5.41) is 0.481. The van der Waals surface area contributed by atoms with E-state index < -0.39 is 11.5 Å². The zero-order valence-corrected chi connectivity index (χ0v) is 21.0. The molecule has 1 aliphatic rings. The summed E-state index contributed by atoms with van der Waals surface area (Å²) in [6, 6.07) is 9.72. The summed E-state index contributed by atoms with van der Waals surface area (Å²) in [6.07, 6.45) is 3.80. The van der Waals surface area contributed by atoms with Gasteiger partial charge in [0, 0.05) is 25.0 Å². The largest absolute Gasteiger partial charge is 0.451 e. The smallest absolute Gasteiger partial charge is 0.349 e. The third kappa shape index (κ3) is 4.92. The lowest BCUT2D eigenvalue weighted by Gasteiger charge is -2.35. The first-order valence-corrected chi connectivity index (χ1v) is 12.5. The monoisotopic (exact) mass is 481 g/mol. The van der Waals surface area contributed by atoms with E-state index in [-0.39, 0.29) is 18.1 Å². The number of carbonyl (C=O) groups excluding carboxylic acids is 2. The Balaban J connectivity index is 1.53. The molecule has 3 heterocycles. The fraction of sp³-hybridized carbons (Fsp3) is 0.462. The van der Waals surface area contributed by atoms with Crippen LogP contribution in [0.5, 0.6) is 0 Å². The Kier molecular flexibility index (Phi) is 6.89. The van der Waals surface area contributed by atoms with Crippen molar-refractivity contribution in [1.29, 1.82) is 0 Å². The molecule has 0 atom stereocenters. The Bertz CT molecular complexity index is 1270. The van der Waals surface area contributed by atoms with Gasteiger partial charge >= 0.3 is 5.97 Å². The summed E-state index contributed by atoms with van der Waals surface area (Å²) in [5.41, 5.74) is 1.05. The summed E-state index contributed by atoms with van der Waals surface area (Å²) in [5.74, 6) is -0.0801. The van der Waals surface area contributed by atoms with Crippen LogP contribution < -0.4 is 5.56 Å². The molecule has 0 fully saturated rings. The molecule has 8 heteroatoms. The van der Waals surface area contributed by atoms with Crippen LogP contribution in [0.1, 0.15) is 66.7 Å². The van der Waals surface area contributed by atoms with E-state index in [1.54, 1.807) is 16.4 Å². The minimum absolute atomic E-state index is 0.0902. The third-order valence-electron chi connectivity index (χ3n) is 6.22. The number of thiophene rings is 1. The van der Waals surface area contributed by atoms with Gasteiger partial charge in [-0.3, -0.25) is 14.2 Å². The number of ether oxygens (including phenoxy) is 1. The van der Waals surface area contributed by atoms with Gasteiger partial charge in [-0.2, -0.15) is 0 Å². The summed E-state index contributed by atoms with van der Waals surface area (Å²) in [6.45, 7) is 8.33. The van der Waals surface area contributed by atoms with Crippen LogP contribution >= 0.6 is 11.3 Å². The molecule has 0 saturated heterocycles. The van der Waals surface area contributed by atoms with Gasteiger partial charge in [0.1, 0.15) is 15.5 Å². The number of aromatic nitrogens is 2. The maximum Gasteiger partial charge on any atom is 0.349 e. The van der Waals surface area contributed by atoms with Crippen molar-refractivity contribution >= 4 is 33.4 Å². The lowest BCUT2D eigenvalue weighted by molar-refractivity contribution is -0.140. The molecule has 0 saturated carbocycles. The summed E-state index contributed by atoms with van der Waals surface area (Å²) >= 11 is 1.17. The van der Waals surface area contributed by atoms with Gasteiger partial charge < -0.3 is 9.64 Å². The first kappa shape index (κ1) is 24.1. The number of amides is 1. The van der Waals surface area contributed by atoms with Crippen molar-refractivity contribution in [3.05, 3.63) is 62.5 Å². The minimum atomic E-state index is -0.595. The second-order valence-electron chi connectivity index (χ2n) is 9.74. The molecule has 1 aromatic carbocycles. The van der Waals surface area contributed by atoms with Crippen LogP contribution in [-0.4, -0.2) is 38.5 Å². The average molecular weight is 482 g/mol. The van der Waals surface area contributed by atoms with E-state index in [0.717, 1.165) is 37.1 Å². The minimum Gasteiger partial charge on any atom is -0.451 e. The number of rotatable bonds is 5. The predicted octanol–water partition coefficient (Wildman–Crippen LogP) is 4.48. The molecule has 4 rings (SSSR count). The molecule has 1 amide bonds. The van der Waals surface area contributed by atoms with Crippen molar-refractivity contribution in [1.82, 2.24) is 14.5 Å². The van der Waals surface area contributed by atoms with E-state index in [4.69, 9.17) is 9.72 Å². The lowest BCUT2D eigenvalue weighted by atomic mass is 10.0. The molecule has 0 aliphatic carbocycles. The van der Waals surface area contributed by atoms with E-state index in [1.165, 1.54) is 11.3 Å². The van der Waals surface area contributed by atoms with Crippen molar-refractivity contribution < 1.29 is 14.3 Å². The Morgan fingerprint density at radius 1 is 1.15 bits per heavy atom.